The van der Waals surface area contributed by atoms with Crippen LogP contribution in [0.15, 0.2) is 29.3 Å². The third-order valence-corrected chi connectivity index (χ3v) is 4.60. The fraction of sp³-hybridized carbons (Fsp3) is 0.667. The summed E-state index contributed by atoms with van der Waals surface area (Å²) in [4.78, 5) is 7.15. The van der Waals surface area contributed by atoms with Crippen LogP contribution in [0.2, 0.25) is 0 Å². The molecule has 0 saturated carbocycles. The van der Waals surface area contributed by atoms with E-state index in [2.05, 4.69) is 29.3 Å². The molecule has 1 aliphatic heterocycles. The maximum Gasteiger partial charge on any atom is 0.194 e. The van der Waals surface area contributed by atoms with Gasteiger partial charge in [0.05, 0.1) is 33.0 Å². The van der Waals surface area contributed by atoms with Crippen LogP contribution in [0, 0.1) is 5.92 Å². The predicted octanol–water partition coefficient (Wildman–Crippen LogP) is 2.78. The smallest absolute Gasteiger partial charge is 0.194 e. The number of nitrogens with zero attached hydrogens (tertiary/aromatic N) is 2. The zero-order valence-electron chi connectivity index (χ0n) is 17.9. The SMILES string of the molecule is CCNC(=NCc1ccc(OCCOC)cc1)N1CCC(COCCOC)C1.I. The number of ether oxygens (including phenoxy) is 4. The van der Waals surface area contributed by atoms with E-state index in [-0.39, 0.29) is 24.0 Å². The van der Waals surface area contributed by atoms with Gasteiger partial charge in [-0.3, -0.25) is 0 Å². The van der Waals surface area contributed by atoms with Crippen molar-refractivity contribution in [1.29, 1.82) is 0 Å². The summed E-state index contributed by atoms with van der Waals surface area (Å²) in [5, 5.41) is 3.41. The summed E-state index contributed by atoms with van der Waals surface area (Å²) in [5.74, 6) is 2.37. The quantitative estimate of drug-likeness (QED) is 0.198. The van der Waals surface area contributed by atoms with E-state index in [1.165, 1.54) is 0 Å². The van der Waals surface area contributed by atoms with Crippen LogP contribution < -0.4 is 10.1 Å². The minimum atomic E-state index is 0. The van der Waals surface area contributed by atoms with Gasteiger partial charge in [0.25, 0.3) is 0 Å². The monoisotopic (exact) mass is 521 g/mol. The molecule has 1 unspecified atom stereocenters. The second-order valence-electron chi connectivity index (χ2n) is 6.82. The Bertz CT molecular complexity index is 572. The molecule has 1 aromatic rings. The van der Waals surface area contributed by atoms with Crippen LogP contribution >= 0.6 is 24.0 Å². The van der Waals surface area contributed by atoms with Gasteiger partial charge in [-0.05, 0) is 31.0 Å². The van der Waals surface area contributed by atoms with E-state index in [0.717, 1.165) is 49.9 Å². The van der Waals surface area contributed by atoms with Gasteiger partial charge in [0.2, 0.25) is 0 Å². The van der Waals surface area contributed by atoms with Crippen molar-refractivity contribution in [1.82, 2.24) is 10.2 Å². The van der Waals surface area contributed by atoms with Crippen molar-refractivity contribution in [2.75, 3.05) is 66.9 Å². The van der Waals surface area contributed by atoms with Crippen LogP contribution in [-0.2, 0) is 20.8 Å². The van der Waals surface area contributed by atoms with Gasteiger partial charge in [-0.25, -0.2) is 4.99 Å². The number of nitrogens with one attached hydrogen (secondary N) is 1. The Morgan fingerprint density at radius 3 is 2.52 bits per heavy atom. The average Bonchev–Trinajstić information content (AvgIpc) is 3.18. The number of methoxy groups -OCH3 is 2. The largest absolute Gasteiger partial charge is 0.491 e. The zero-order valence-corrected chi connectivity index (χ0v) is 20.2. The first-order chi connectivity index (χ1) is 13.8. The first-order valence-electron chi connectivity index (χ1n) is 10.1. The van der Waals surface area contributed by atoms with E-state index in [9.17, 15) is 0 Å². The minimum absolute atomic E-state index is 0. The summed E-state index contributed by atoms with van der Waals surface area (Å²) in [7, 11) is 3.37. The number of aliphatic imine (C=N–C) groups is 1. The molecule has 8 heteroatoms. The first-order valence-corrected chi connectivity index (χ1v) is 10.1. The Labute approximate surface area is 192 Å². The van der Waals surface area contributed by atoms with E-state index in [1.807, 2.05) is 12.1 Å². The molecule has 29 heavy (non-hydrogen) atoms. The Hall–Kier alpha value is -1.10. The summed E-state index contributed by atoms with van der Waals surface area (Å²) in [5.41, 5.74) is 1.16. The minimum Gasteiger partial charge on any atom is -0.491 e. The topological polar surface area (TPSA) is 64.6 Å². The van der Waals surface area contributed by atoms with Crippen LogP contribution in [0.4, 0.5) is 0 Å². The molecule has 166 valence electrons. The van der Waals surface area contributed by atoms with Crippen LogP contribution in [0.25, 0.3) is 0 Å². The Kier molecular flexibility index (Phi) is 14.0. The Morgan fingerprint density at radius 1 is 1.10 bits per heavy atom. The zero-order chi connectivity index (χ0) is 20.0. The van der Waals surface area contributed by atoms with Crippen LogP contribution in [0.1, 0.15) is 18.9 Å². The summed E-state index contributed by atoms with van der Waals surface area (Å²) < 4.78 is 21.3. The molecular formula is C21H36IN3O4. The second-order valence-corrected chi connectivity index (χ2v) is 6.82. The maximum absolute atomic E-state index is 5.69. The molecule has 0 spiro atoms. The standard InChI is InChI=1S/C21H35N3O4.HI/c1-4-22-21(24-10-9-19(16-24)17-27-13-11-25-2)23-15-18-5-7-20(8-6-18)28-14-12-26-3;/h5-8,19H,4,9-17H2,1-3H3,(H,22,23);1H. The average molecular weight is 521 g/mol. The molecule has 1 N–H and O–H groups in total. The molecule has 7 nitrogen and oxygen atoms in total. The van der Waals surface area contributed by atoms with Crippen molar-refractivity contribution in [2.45, 2.75) is 19.9 Å². The molecule has 1 heterocycles. The van der Waals surface area contributed by atoms with Gasteiger partial charge < -0.3 is 29.2 Å². The number of hydrogen-bond donors (Lipinski definition) is 1. The molecule has 1 fully saturated rings. The molecule has 1 saturated heterocycles. The van der Waals surface area contributed by atoms with Gasteiger partial charge in [-0.2, -0.15) is 0 Å². The van der Waals surface area contributed by atoms with Crippen molar-refractivity contribution in [3.8, 4) is 5.75 Å². The highest BCUT2D eigenvalue weighted by Crippen LogP contribution is 2.17. The molecule has 0 aromatic heterocycles. The lowest BCUT2D eigenvalue weighted by Crippen LogP contribution is -2.40. The predicted molar refractivity (Wildman–Crippen MR) is 126 cm³/mol. The molecule has 2 rings (SSSR count). The number of likely N-dealkylation sites (tertiary alicyclic amines) is 1. The number of halogens is 1. The first kappa shape index (κ1) is 25.9. The third kappa shape index (κ3) is 9.97. The van der Waals surface area contributed by atoms with Gasteiger partial charge in [0.15, 0.2) is 5.96 Å². The molecule has 0 amide bonds. The molecule has 1 aromatic carbocycles. The number of rotatable bonds is 12. The lowest BCUT2D eigenvalue weighted by molar-refractivity contribution is 0.0536. The van der Waals surface area contributed by atoms with E-state index in [1.54, 1.807) is 14.2 Å². The maximum atomic E-state index is 5.69. The van der Waals surface area contributed by atoms with E-state index in [4.69, 9.17) is 23.9 Å². The van der Waals surface area contributed by atoms with Crippen molar-refractivity contribution >= 4 is 29.9 Å². The molecular weight excluding hydrogens is 485 g/mol. The normalized spacial score (nSPS) is 16.6. The Balaban J connectivity index is 0.00000420. The summed E-state index contributed by atoms with van der Waals surface area (Å²) >= 11 is 0. The lowest BCUT2D eigenvalue weighted by Gasteiger charge is -2.21. The van der Waals surface area contributed by atoms with Crippen LogP contribution in [0.3, 0.4) is 0 Å². The van der Waals surface area contributed by atoms with E-state index >= 15 is 0 Å². The van der Waals surface area contributed by atoms with Crippen molar-refractivity contribution in [3.05, 3.63) is 29.8 Å². The number of hydrogen-bond acceptors (Lipinski definition) is 5. The molecule has 0 radical (unpaired) electrons. The van der Waals surface area contributed by atoms with Gasteiger partial charge in [0, 0.05) is 39.8 Å². The van der Waals surface area contributed by atoms with Gasteiger partial charge >= 0.3 is 0 Å². The van der Waals surface area contributed by atoms with Crippen molar-refractivity contribution in [3.63, 3.8) is 0 Å². The number of benzene rings is 1. The summed E-state index contributed by atoms with van der Waals surface area (Å²) in [6.45, 7) is 8.83. The van der Waals surface area contributed by atoms with Gasteiger partial charge in [-0.1, -0.05) is 12.1 Å². The highest BCUT2D eigenvalue weighted by Gasteiger charge is 2.24. The molecule has 1 aliphatic rings. The summed E-state index contributed by atoms with van der Waals surface area (Å²) in [6.07, 6.45) is 1.13. The molecule has 0 bridgehead atoms. The van der Waals surface area contributed by atoms with E-state index < -0.39 is 0 Å². The lowest BCUT2D eigenvalue weighted by atomic mass is 10.1. The fourth-order valence-electron chi connectivity index (χ4n) is 3.08. The molecule has 0 aliphatic carbocycles. The number of guanidine groups is 1. The highest BCUT2D eigenvalue weighted by atomic mass is 127. The van der Waals surface area contributed by atoms with Gasteiger partial charge in [0.1, 0.15) is 12.4 Å². The third-order valence-electron chi connectivity index (χ3n) is 4.60. The summed E-state index contributed by atoms with van der Waals surface area (Å²) in [6, 6.07) is 8.09. The highest BCUT2D eigenvalue weighted by molar-refractivity contribution is 14.0. The second kappa shape index (κ2) is 15.7. The van der Waals surface area contributed by atoms with Crippen LogP contribution in [0.5, 0.6) is 5.75 Å². The van der Waals surface area contributed by atoms with Gasteiger partial charge in [-0.15, -0.1) is 24.0 Å². The van der Waals surface area contributed by atoms with Crippen molar-refractivity contribution < 1.29 is 18.9 Å². The van der Waals surface area contributed by atoms with E-state index in [0.29, 0.717) is 38.9 Å². The van der Waals surface area contributed by atoms with Crippen molar-refractivity contribution in [2.24, 2.45) is 10.9 Å². The van der Waals surface area contributed by atoms with Crippen LogP contribution in [-0.4, -0.2) is 77.7 Å². The molecule has 1 atom stereocenters. The Morgan fingerprint density at radius 2 is 1.83 bits per heavy atom. The fourth-order valence-corrected chi connectivity index (χ4v) is 3.08.